The number of rotatable bonds is 4. The van der Waals surface area contributed by atoms with Crippen LogP contribution in [0.1, 0.15) is 38.7 Å². The first kappa shape index (κ1) is 17.8. The molecule has 0 amide bonds. The summed E-state index contributed by atoms with van der Waals surface area (Å²) in [4.78, 5) is 6.83. The van der Waals surface area contributed by atoms with Gasteiger partial charge in [-0.2, -0.15) is 0 Å². The first-order valence-corrected chi connectivity index (χ1v) is 8.52. The van der Waals surface area contributed by atoms with Gasteiger partial charge in [-0.15, -0.1) is 0 Å². The van der Waals surface area contributed by atoms with Gasteiger partial charge in [0.25, 0.3) is 0 Å². The van der Waals surface area contributed by atoms with E-state index in [-0.39, 0.29) is 5.60 Å². The van der Waals surface area contributed by atoms with Crippen molar-refractivity contribution in [2.24, 2.45) is 10.9 Å². The van der Waals surface area contributed by atoms with Crippen molar-refractivity contribution < 1.29 is 4.74 Å². The minimum Gasteiger partial charge on any atom is -0.377 e. The number of methoxy groups -OCH3 is 1. The van der Waals surface area contributed by atoms with Gasteiger partial charge in [0.1, 0.15) is 0 Å². The summed E-state index contributed by atoms with van der Waals surface area (Å²) in [5, 5.41) is 3.46. The zero-order valence-corrected chi connectivity index (χ0v) is 15.2. The summed E-state index contributed by atoms with van der Waals surface area (Å²) >= 11 is 0. The Morgan fingerprint density at radius 3 is 2.61 bits per heavy atom. The molecule has 23 heavy (non-hydrogen) atoms. The molecular weight excluding hydrogens is 286 g/mol. The second-order valence-electron chi connectivity index (χ2n) is 7.09. The summed E-state index contributed by atoms with van der Waals surface area (Å²) in [6.45, 7) is 9.33. The number of hydrogen-bond donors (Lipinski definition) is 1. The van der Waals surface area contributed by atoms with E-state index >= 15 is 0 Å². The smallest absolute Gasteiger partial charge is 0.193 e. The van der Waals surface area contributed by atoms with E-state index in [1.54, 1.807) is 7.11 Å². The lowest BCUT2D eigenvalue weighted by Gasteiger charge is -2.39. The highest BCUT2D eigenvalue weighted by Crippen LogP contribution is 2.32. The molecule has 1 saturated heterocycles. The Bertz CT molecular complexity index is 513. The molecular formula is C19H31N3O. The van der Waals surface area contributed by atoms with Crippen molar-refractivity contribution in [2.75, 3.05) is 33.8 Å². The van der Waals surface area contributed by atoms with Crippen LogP contribution in [0.4, 0.5) is 0 Å². The number of guanidine groups is 1. The Kier molecular flexibility index (Phi) is 6.05. The second-order valence-corrected chi connectivity index (χ2v) is 7.09. The molecule has 4 heteroatoms. The molecule has 0 aliphatic carbocycles. The lowest BCUT2D eigenvalue weighted by Crippen LogP contribution is -2.51. The third-order valence-electron chi connectivity index (χ3n) is 4.87. The molecule has 0 bridgehead atoms. The molecule has 1 heterocycles. The van der Waals surface area contributed by atoms with Crippen LogP contribution in [0.25, 0.3) is 0 Å². The number of benzene rings is 1. The molecule has 1 aromatic carbocycles. The van der Waals surface area contributed by atoms with E-state index in [1.807, 2.05) is 7.05 Å². The van der Waals surface area contributed by atoms with Crippen molar-refractivity contribution in [1.82, 2.24) is 10.2 Å². The van der Waals surface area contributed by atoms with Crippen molar-refractivity contribution in [3.8, 4) is 0 Å². The molecule has 2 rings (SSSR count). The van der Waals surface area contributed by atoms with E-state index in [9.17, 15) is 0 Å². The van der Waals surface area contributed by atoms with Gasteiger partial charge in [-0.25, -0.2) is 0 Å². The fourth-order valence-electron chi connectivity index (χ4n) is 3.23. The largest absolute Gasteiger partial charge is 0.377 e. The normalized spacial score (nSPS) is 23.0. The molecule has 2 unspecified atom stereocenters. The molecule has 0 saturated carbocycles. The predicted molar refractivity (Wildman–Crippen MR) is 97.0 cm³/mol. The molecule has 4 nitrogen and oxygen atoms in total. The third kappa shape index (κ3) is 4.71. The maximum Gasteiger partial charge on any atom is 0.193 e. The van der Waals surface area contributed by atoms with E-state index in [4.69, 9.17) is 4.74 Å². The minimum absolute atomic E-state index is 0.191. The van der Waals surface area contributed by atoms with Crippen LogP contribution >= 0.6 is 0 Å². The minimum atomic E-state index is -0.191. The summed E-state index contributed by atoms with van der Waals surface area (Å²) in [6, 6.07) is 10.9. The van der Waals surface area contributed by atoms with Crippen molar-refractivity contribution >= 4 is 5.96 Å². The lowest BCUT2D eigenvalue weighted by molar-refractivity contribution is 0.0261. The Morgan fingerprint density at radius 2 is 2.04 bits per heavy atom. The van der Waals surface area contributed by atoms with E-state index < -0.39 is 0 Å². The fraction of sp³-hybridized carbons (Fsp3) is 0.632. The molecule has 1 fully saturated rings. The Labute approximate surface area is 140 Å². The van der Waals surface area contributed by atoms with Crippen LogP contribution in [-0.4, -0.2) is 50.3 Å². The third-order valence-corrected chi connectivity index (χ3v) is 4.87. The first-order valence-electron chi connectivity index (χ1n) is 8.52. The van der Waals surface area contributed by atoms with Crippen molar-refractivity contribution in [1.29, 1.82) is 0 Å². The van der Waals surface area contributed by atoms with Gasteiger partial charge in [-0.3, -0.25) is 4.99 Å². The second kappa shape index (κ2) is 7.82. The molecule has 1 aromatic rings. The quantitative estimate of drug-likeness (QED) is 0.685. The van der Waals surface area contributed by atoms with Crippen LogP contribution in [-0.2, 0) is 4.74 Å². The Balaban J connectivity index is 1.96. The summed E-state index contributed by atoms with van der Waals surface area (Å²) in [6.07, 6.45) is 1.17. The SMILES string of the molecule is CN=C(NCC(C)(C)OC)N1CCC(c2ccccc2)C(C)C1. The number of ether oxygens (including phenoxy) is 1. The van der Waals surface area contributed by atoms with Gasteiger partial charge in [0.15, 0.2) is 5.96 Å². The van der Waals surface area contributed by atoms with Crippen LogP contribution in [0, 0.1) is 5.92 Å². The first-order chi connectivity index (χ1) is 11.0. The molecule has 1 aliphatic heterocycles. The number of nitrogens with one attached hydrogen (secondary N) is 1. The predicted octanol–water partition coefficient (Wildman–Crippen LogP) is 3.11. The summed E-state index contributed by atoms with van der Waals surface area (Å²) < 4.78 is 5.48. The molecule has 128 valence electrons. The van der Waals surface area contributed by atoms with Crippen LogP contribution < -0.4 is 5.32 Å². The summed E-state index contributed by atoms with van der Waals surface area (Å²) in [7, 11) is 3.61. The summed E-state index contributed by atoms with van der Waals surface area (Å²) in [5.41, 5.74) is 1.27. The maximum absolute atomic E-state index is 5.48. The van der Waals surface area contributed by atoms with Crippen LogP contribution in [0.5, 0.6) is 0 Å². The maximum atomic E-state index is 5.48. The van der Waals surface area contributed by atoms with E-state index in [0.29, 0.717) is 11.8 Å². The lowest BCUT2D eigenvalue weighted by atomic mass is 9.82. The topological polar surface area (TPSA) is 36.9 Å². The number of aliphatic imine (C=N–C) groups is 1. The van der Waals surface area contributed by atoms with Crippen molar-refractivity contribution in [2.45, 2.75) is 38.7 Å². The van der Waals surface area contributed by atoms with Crippen molar-refractivity contribution in [3.05, 3.63) is 35.9 Å². The van der Waals surface area contributed by atoms with E-state index in [1.165, 1.54) is 12.0 Å². The molecule has 0 aromatic heterocycles. The number of hydrogen-bond acceptors (Lipinski definition) is 2. The number of likely N-dealkylation sites (tertiary alicyclic amines) is 1. The average Bonchev–Trinajstić information content (AvgIpc) is 2.56. The van der Waals surface area contributed by atoms with Crippen LogP contribution in [0.2, 0.25) is 0 Å². The molecule has 2 atom stereocenters. The van der Waals surface area contributed by atoms with Gasteiger partial charge < -0.3 is 15.0 Å². The van der Waals surface area contributed by atoms with Crippen LogP contribution in [0.3, 0.4) is 0 Å². The monoisotopic (exact) mass is 317 g/mol. The standard InChI is InChI=1S/C19H31N3O/c1-15-13-22(18(20-4)21-14-19(2,3)23-5)12-11-17(15)16-9-7-6-8-10-16/h6-10,15,17H,11-14H2,1-5H3,(H,20,21). The Hall–Kier alpha value is -1.55. The van der Waals surface area contributed by atoms with E-state index in [0.717, 1.165) is 25.6 Å². The highest BCUT2D eigenvalue weighted by molar-refractivity contribution is 5.80. The molecule has 0 radical (unpaired) electrons. The van der Waals surface area contributed by atoms with Gasteiger partial charge in [-0.05, 0) is 37.7 Å². The fourth-order valence-corrected chi connectivity index (χ4v) is 3.23. The van der Waals surface area contributed by atoms with Gasteiger partial charge in [-0.1, -0.05) is 37.3 Å². The highest BCUT2D eigenvalue weighted by atomic mass is 16.5. The zero-order chi connectivity index (χ0) is 16.9. The van der Waals surface area contributed by atoms with Gasteiger partial charge in [0, 0.05) is 33.8 Å². The number of nitrogens with zero attached hydrogens (tertiary/aromatic N) is 2. The van der Waals surface area contributed by atoms with E-state index in [2.05, 4.69) is 66.3 Å². The highest BCUT2D eigenvalue weighted by Gasteiger charge is 2.29. The van der Waals surface area contributed by atoms with Crippen molar-refractivity contribution in [3.63, 3.8) is 0 Å². The number of piperidine rings is 1. The van der Waals surface area contributed by atoms with Gasteiger partial charge in [0.2, 0.25) is 0 Å². The molecule has 1 N–H and O–H groups in total. The Morgan fingerprint density at radius 1 is 1.35 bits per heavy atom. The van der Waals surface area contributed by atoms with Gasteiger partial charge in [0.05, 0.1) is 5.60 Å². The molecule has 0 spiro atoms. The average molecular weight is 317 g/mol. The zero-order valence-electron chi connectivity index (χ0n) is 15.2. The van der Waals surface area contributed by atoms with Gasteiger partial charge >= 0.3 is 0 Å². The molecule has 1 aliphatic rings. The summed E-state index contributed by atoms with van der Waals surface area (Å²) in [5.74, 6) is 2.23. The van der Waals surface area contributed by atoms with Crippen LogP contribution in [0.15, 0.2) is 35.3 Å².